The average molecular weight is 553 g/mol. The summed E-state index contributed by atoms with van der Waals surface area (Å²) in [5.74, 6) is 1.15. The SMILES string of the molecule is CCCC(=O)Nc1cccc(CN=C(NCC)N2CCN(C(=O)c3ccco3)CC2)c1.I. The Hall–Kier alpha value is -2.56. The van der Waals surface area contributed by atoms with Crippen LogP contribution in [0.2, 0.25) is 0 Å². The topological polar surface area (TPSA) is 90.2 Å². The monoisotopic (exact) mass is 553 g/mol. The highest BCUT2D eigenvalue weighted by Gasteiger charge is 2.25. The van der Waals surface area contributed by atoms with Crippen LogP contribution in [0.5, 0.6) is 0 Å². The summed E-state index contributed by atoms with van der Waals surface area (Å²) in [6, 6.07) is 11.2. The Morgan fingerprint density at radius 2 is 1.81 bits per heavy atom. The van der Waals surface area contributed by atoms with Crippen LogP contribution in [-0.4, -0.2) is 60.3 Å². The van der Waals surface area contributed by atoms with E-state index in [-0.39, 0.29) is 35.8 Å². The Labute approximate surface area is 206 Å². The molecule has 0 saturated carbocycles. The Kier molecular flexibility index (Phi) is 10.5. The zero-order chi connectivity index (χ0) is 22.1. The molecule has 32 heavy (non-hydrogen) atoms. The van der Waals surface area contributed by atoms with E-state index in [1.807, 2.05) is 38.1 Å². The Bertz CT molecular complexity index is 893. The smallest absolute Gasteiger partial charge is 0.289 e. The van der Waals surface area contributed by atoms with Gasteiger partial charge in [-0.3, -0.25) is 9.59 Å². The molecule has 0 radical (unpaired) electrons. The van der Waals surface area contributed by atoms with Crippen LogP contribution in [0.3, 0.4) is 0 Å². The molecule has 3 rings (SSSR count). The fraction of sp³-hybridized carbons (Fsp3) is 0.435. The van der Waals surface area contributed by atoms with E-state index in [1.165, 1.54) is 6.26 Å². The number of aliphatic imine (C=N–C) groups is 1. The van der Waals surface area contributed by atoms with Crippen molar-refractivity contribution >= 4 is 47.4 Å². The van der Waals surface area contributed by atoms with Crippen molar-refractivity contribution in [3.8, 4) is 0 Å². The highest BCUT2D eigenvalue weighted by molar-refractivity contribution is 14.0. The van der Waals surface area contributed by atoms with Gasteiger partial charge in [0.2, 0.25) is 5.91 Å². The van der Waals surface area contributed by atoms with Gasteiger partial charge in [-0.05, 0) is 43.2 Å². The van der Waals surface area contributed by atoms with E-state index < -0.39 is 0 Å². The van der Waals surface area contributed by atoms with Gasteiger partial charge in [-0.1, -0.05) is 19.1 Å². The molecule has 2 N–H and O–H groups in total. The van der Waals surface area contributed by atoms with Gasteiger partial charge in [-0.25, -0.2) is 4.99 Å². The van der Waals surface area contributed by atoms with E-state index in [1.54, 1.807) is 17.0 Å². The van der Waals surface area contributed by atoms with Gasteiger partial charge in [0.1, 0.15) is 0 Å². The van der Waals surface area contributed by atoms with Crippen LogP contribution in [0.15, 0.2) is 52.1 Å². The maximum Gasteiger partial charge on any atom is 0.289 e. The largest absolute Gasteiger partial charge is 0.459 e. The van der Waals surface area contributed by atoms with Gasteiger partial charge in [0.25, 0.3) is 5.91 Å². The molecule has 0 spiro atoms. The Balaban J connectivity index is 0.00000363. The number of carbonyl (C=O) groups excluding carboxylic acids is 2. The van der Waals surface area contributed by atoms with E-state index >= 15 is 0 Å². The number of nitrogens with zero attached hydrogens (tertiary/aromatic N) is 3. The first-order valence-electron chi connectivity index (χ1n) is 10.9. The summed E-state index contributed by atoms with van der Waals surface area (Å²) in [6.07, 6.45) is 2.85. The minimum atomic E-state index is -0.0754. The van der Waals surface area contributed by atoms with E-state index in [2.05, 4.69) is 15.5 Å². The van der Waals surface area contributed by atoms with E-state index in [0.29, 0.717) is 44.9 Å². The van der Waals surface area contributed by atoms with Crippen LogP contribution < -0.4 is 10.6 Å². The van der Waals surface area contributed by atoms with E-state index in [9.17, 15) is 9.59 Å². The molecule has 1 aliphatic heterocycles. The number of halogens is 1. The molecule has 1 saturated heterocycles. The molecule has 174 valence electrons. The van der Waals surface area contributed by atoms with Crippen LogP contribution >= 0.6 is 24.0 Å². The minimum Gasteiger partial charge on any atom is -0.459 e. The number of hydrogen-bond acceptors (Lipinski definition) is 4. The van der Waals surface area contributed by atoms with Gasteiger partial charge in [-0.15, -0.1) is 24.0 Å². The zero-order valence-corrected chi connectivity index (χ0v) is 21.0. The molecule has 0 aliphatic carbocycles. The van der Waals surface area contributed by atoms with Gasteiger partial charge in [0, 0.05) is 44.8 Å². The maximum atomic E-state index is 12.5. The number of amides is 2. The van der Waals surface area contributed by atoms with Crippen LogP contribution in [0.4, 0.5) is 5.69 Å². The highest BCUT2D eigenvalue weighted by atomic mass is 127. The Morgan fingerprint density at radius 1 is 1.06 bits per heavy atom. The summed E-state index contributed by atoms with van der Waals surface area (Å²) in [6.45, 7) is 7.92. The van der Waals surface area contributed by atoms with Crippen molar-refractivity contribution in [2.24, 2.45) is 4.99 Å². The fourth-order valence-electron chi connectivity index (χ4n) is 3.47. The second-order valence-corrected chi connectivity index (χ2v) is 7.43. The number of furan rings is 1. The molecule has 1 aliphatic rings. The van der Waals surface area contributed by atoms with Gasteiger partial charge >= 0.3 is 0 Å². The van der Waals surface area contributed by atoms with Gasteiger partial charge in [0.05, 0.1) is 12.8 Å². The van der Waals surface area contributed by atoms with Crippen LogP contribution in [0.25, 0.3) is 0 Å². The maximum absolute atomic E-state index is 12.5. The average Bonchev–Trinajstić information content (AvgIpc) is 3.32. The zero-order valence-electron chi connectivity index (χ0n) is 18.7. The third kappa shape index (κ3) is 7.25. The first-order chi connectivity index (χ1) is 15.1. The molecule has 9 heteroatoms. The minimum absolute atomic E-state index is 0. The first kappa shape index (κ1) is 25.7. The van der Waals surface area contributed by atoms with Gasteiger partial charge in [0.15, 0.2) is 11.7 Å². The molecule has 0 atom stereocenters. The van der Waals surface area contributed by atoms with Crippen molar-refractivity contribution in [3.63, 3.8) is 0 Å². The van der Waals surface area contributed by atoms with Crippen molar-refractivity contribution in [1.29, 1.82) is 0 Å². The molecule has 2 aromatic rings. The van der Waals surface area contributed by atoms with E-state index in [0.717, 1.165) is 30.2 Å². The summed E-state index contributed by atoms with van der Waals surface area (Å²) < 4.78 is 5.23. The third-order valence-electron chi connectivity index (χ3n) is 5.03. The molecule has 1 fully saturated rings. The predicted molar refractivity (Wildman–Crippen MR) is 136 cm³/mol. The lowest BCUT2D eigenvalue weighted by Gasteiger charge is -2.36. The number of nitrogens with one attached hydrogen (secondary N) is 2. The number of rotatable bonds is 7. The van der Waals surface area contributed by atoms with Crippen LogP contribution in [0.1, 0.15) is 42.8 Å². The predicted octanol–water partition coefficient (Wildman–Crippen LogP) is 3.56. The summed E-state index contributed by atoms with van der Waals surface area (Å²) in [5.41, 5.74) is 1.82. The highest BCUT2D eigenvalue weighted by Crippen LogP contribution is 2.13. The fourth-order valence-corrected chi connectivity index (χ4v) is 3.47. The number of carbonyl (C=O) groups is 2. The lowest BCUT2D eigenvalue weighted by atomic mass is 10.2. The molecular weight excluding hydrogens is 521 g/mol. The van der Waals surface area contributed by atoms with Crippen LogP contribution in [0, 0.1) is 0 Å². The second kappa shape index (κ2) is 13.1. The molecule has 0 bridgehead atoms. The molecule has 8 nitrogen and oxygen atoms in total. The molecule has 1 aromatic carbocycles. The Morgan fingerprint density at radius 3 is 2.47 bits per heavy atom. The lowest BCUT2D eigenvalue weighted by molar-refractivity contribution is -0.116. The number of anilines is 1. The molecule has 1 aromatic heterocycles. The van der Waals surface area contributed by atoms with Crippen LogP contribution in [-0.2, 0) is 11.3 Å². The quantitative estimate of drug-likeness (QED) is 0.311. The van der Waals surface area contributed by atoms with Gasteiger partial charge in [-0.2, -0.15) is 0 Å². The normalized spacial score (nSPS) is 14.0. The third-order valence-corrected chi connectivity index (χ3v) is 5.03. The number of hydrogen-bond donors (Lipinski definition) is 2. The summed E-state index contributed by atoms with van der Waals surface area (Å²) in [4.78, 5) is 33.1. The number of benzene rings is 1. The van der Waals surface area contributed by atoms with E-state index in [4.69, 9.17) is 9.41 Å². The van der Waals surface area contributed by atoms with Crippen molar-refractivity contribution in [2.45, 2.75) is 33.2 Å². The second-order valence-electron chi connectivity index (χ2n) is 7.43. The molecular formula is C23H32IN5O3. The first-order valence-corrected chi connectivity index (χ1v) is 10.9. The lowest BCUT2D eigenvalue weighted by Crippen LogP contribution is -2.53. The summed E-state index contributed by atoms with van der Waals surface area (Å²) in [5, 5.41) is 6.27. The number of guanidine groups is 1. The number of piperazine rings is 1. The van der Waals surface area contributed by atoms with Gasteiger partial charge < -0.3 is 24.9 Å². The van der Waals surface area contributed by atoms with Crippen molar-refractivity contribution in [3.05, 3.63) is 54.0 Å². The summed E-state index contributed by atoms with van der Waals surface area (Å²) in [7, 11) is 0. The van der Waals surface area contributed by atoms with Crippen molar-refractivity contribution in [2.75, 3.05) is 38.0 Å². The molecule has 0 unspecified atom stereocenters. The molecule has 2 heterocycles. The standard InChI is InChI=1S/C23H31N5O3.HI/c1-3-7-21(29)26-19-9-5-8-18(16-19)17-25-23(24-4-2)28-13-11-27(12-14-28)22(30)20-10-6-15-31-20;/h5-6,8-10,15-16H,3-4,7,11-14,17H2,1-2H3,(H,24,25)(H,26,29);1H. The van der Waals surface area contributed by atoms with Crippen molar-refractivity contribution in [1.82, 2.24) is 15.1 Å². The molecule has 2 amide bonds. The van der Waals surface area contributed by atoms with Crippen molar-refractivity contribution < 1.29 is 14.0 Å². The summed E-state index contributed by atoms with van der Waals surface area (Å²) >= 11 is 0.